The largest absolute Gasteiger partial charge is 0.276 e. The van der Waals surface area contributed by atoms with Crippen LogP contribution in [0.3, 0.4) is 0 Å². The van der Waals surface area contributed by atoms with E-state index in [9.17, 15) is 19.2 Å². The molecule has 26 heavy (non-hydrogen) atoms. The van der Waals surface area contributed by atoms with Gasteiger partial charge in [0.05, 0.1) is 0 Å². The maximum Gasteiger partial charge on any atom is 0.253 e. The molecule has 0 bridgehead atoms. The van der Waals surface area contributed by atoms with Gasteiger partial charge in [0.2, 0.25) is 0 Å². The Labute approximate surface area is 166 Å². The number of rotatable bonds is 4. The Balaban J connectivity index is 2.40. The van der Waals surface area contributed by atoms with E-state index in [0.717, 1.165) is 0 Å². The summed E-state index contributed by atoms with van der Waals surface area (Å²) in [5.41, 5.74) is -0.112. The van der Waals surface area contributed by atoms with Gasteiger partial charge in [-0.05, 0) is 104 Å². The Morgan fingerprint density at radius 1 is 0.423 bits per heavy atom. The molecular formula is C18H6Cl4O4. The normalized spacial score (nSPS) is 10.9. The van der Waals surface area contributed by atoms with Gasteiger partial charge in [-0.3, -0.25) is 19.2 Å². The molecule has 0 aliphatic rings. The summed E-state index contributed by atoms with van der Waals surface area (Å²) in [4.78, 5) is 46.3. The summed E-state index contributed by atoms with van der Waals surface area (Å²) in [6, 6.07) is 9.07. The fourth-order valence-electron chi connectivity index (χ4n) is 2.75. The standard InChI is InChI=1S/C18H6Cl4O4/c19-15(23)11-3-7-1-8-4-12(16(20)24)14(18(22)26)6-10(8)2-9(7)5-13(11)17(21)25/h1-6H. The van der Waals surface area contributed by atoms with Crippen LogP contribution in [0.1, 0.15) is 41.4 Å². The Hall–Kier alpha value is -1.98. The zero-order valence-electron chi connectivity index (χ0n) is 12.6. The van der Waals surface area contributed by atoms with Gasteiger partial charge in [-0.25, -0.2) is 0 Å². The van der Waals surface area contributed by atoms with Crippen molar-refractivity contribution in [2.75, 3.05) is 0 Å². The molecule has 0 heterocycles. The van der Waals surface area contributed by atoms with E-state index < -0.39 is 21.0 Å². The van der Waals surface area contributed by atoms with Crippen LogP contribution in [0.15, 0.2) is 36.4 Å². The first-order valence-electron chi connectivity index (χ1n) is 7.04. The molecule has 8 heteroatoms. The van der Waals surface area contributed by atoms with Crippen molar-refractivity contribution < 1.29 is 19.2 Å². The quantitative estimate of drug-likeness (QED) is 0.406. The van der Waals surface area contributed by atoms with Crippen molar-refractivity contribution in [3.05, 3.63) is 58.7 Å². The predicted molar refractivity (Wildman–Crippen MR) is 102 cm³/mol. The van der Waals surface area contributed by atoms with E-state index in [2.05, 4.69) is 0 Å². The Morgan fingerprint density at radius 3 is 0.769 bits per heavy atom. The topological polar surface area (TPSA) is 68.3 Å². The highest BCUT2D eigenvalue weighted by Crippen LogP contribution is 2.30. The SMILES string of the molecule is O=C(Cl)c1cc2cc3cc(C(=O)Cl)c(C(=O)Cl)cc3cc2cc1C(=O)Cl. The molecule has 0 amide bonds. The Bertz CT molecular complexity index is 974. The summed E-state index contributed by atoms with van der Waals surface area (Å²) in [6.07, 6.45) is 0. The molecule has 130 valence electrons. The van der Waals surface area contributed by atoms with Gasteiger partial charge in [0, 0.05) is 22.3 Å². The van der Waals surface area contributed by atoms with Crippen molar-refractivity contribution in [2.45, 2.75) is 0 Å². The molecule has 0 unspecified atom stereocenters. The first-order chi connectivity index (χ1) is 12.2. The molecule has 0 spiro atoms. The zero-order valence-corrected chi connectivity index (χ0v) is 15.6. The van der Waals surface area contributed by atoms with Crippen LogP contribution >= 0.6 is 46.4 Å². The minimum atomic E-state index is -0.823. The third kappa shape index (κ3) is 3.33. The summed E-state index contributed by atoms with van der Waals surface area (Å²) in [5, 5.41) is -0.956. The van der Waals surface area contributed by atoms with Crippen LogP contribution in [0.4, 0.5) is 0 Å². The second kappa shape index (κ2) is 6.97. The number of hydrogen-bond donors (Lipinski definition) is 0. The van der Waals surface area contributed by atoms with E-state index in [4.69, 9.17) is 46.4 Å². The van der Waals surface area contributed by atoms with Gasteiger partial charge in [-0.15, -0.1) is 0 Å². The van der Waals surface area contributed by atoms with Gasteiger partial charge in [0.15, 0.2) is 0 Å². The molecule has 0 radical (unpaired) electrons. The molecular weight excluding hydrogens is 422 g/mol. The molecule has 4 nitrogen and oxygen atoms in total. The van der Waals surface area contributed by atoms with E-state index in [1.54, 1.807) is 12.1 Å². The molecule has 0 fully saturated rings. The fraction of sp³-hybridized carbons (Fsp3) is 0. The van der Waals surface area contributed by atoms with Gasteiger partial charge in [0.1, 0.15) is 0 Å². The summed E-state index contributed by atoms with van der Waals surface area (Å²) in [6.45, 7) is 0. The minimum absolute atomic E-state index is 0.0280. The smallest absolute Gasteiger partial charge is 0.253 e. The molecule has 0 atom stereocenters. The van der Waals surface area contributed by atoms with Crippen molar-refractivity contribution in [1.82, 2.24) is 0 Å². The maximum absolute atomic E-state index is 11.6. The summed E-state index contributed by atoms with van der Waals surface area (Å²) < 4.78 is 0. The second-order valence-corrected chi connectivity index (χ2v) is 6.81. The molecule has 0 saturated heterocycles. The third-order valence-corrected chi connectivity index (χ3v) is 4.73. The van der Waals surface area contributed by atoms with Crippen LogP contribution in [0.5, 0.6) is 0 Å². The predicted octanol–water partition coefficient (Wildman–Crippen LogP) is 5.51. The van der Waals surface area contributed by atoms with Crippen LogP contribution in [0.2, 0.25) is 0 Å². The maximum atomic E-state index is 11.6. The highest BCUT2D eigenvalue weighted by atomic mass is 35.5. The Kier molecular flexibility index (Phi) is 5.04. The number of fused-ring (bicyclic) bond motifs is 2. The second-order valence-electron chi connectivity index (χ2n) is 5.44. The number of carbonyl (C=O) groups is 4. The lowest BCUT2D eigenvalue weighted by Crippen LogP contribution is -2.02. The van der Waals surface area contributed by atoms with E-state index in [-0.39, 0.29) is 22.3 Å². The number of benzene rings is 3. The van der Waals surface area contributed by atoms with Crippen LogP contribution in [0.25, 0.3) is 21.5 Å². The lowest BCUT2D eigenvalue weighted by atomic mass is 9.96. The van der Waals surface area contributed by atoms with Crippen molar-refractivity contribution >= 4 is 88.9 Å². The summed E-state index contributed by atoms with van der Waals surface area (Å²) in [7, 11) is 0. The number of halogens is 4. The highest BCUT2D eigenvalue weighted by molar-refractivity contribution is 6.72. The first-order valence-corrected chi connectivity index (χ1v) is 8.55. The van der Waals surface area contributed by atoms with Gasteiger partial charge in [0.25, 0.3) is 21.0 Å². The van der Waals surface area contributed by atoms with Gasteiger partial charge < -0.3 is 0 Å². The van der Waals surface area contributed by atoms with E-state index >= 15 is 0 Å². The van der Waals surface area contributed by atoms with Crippen LogP contribution in [0, 0.1) is 0 Å². The lowest BCUT2D eigenvalue weighted by Gasteiger charge is -2.09. The molecule has 0 aromatic heterocycles. The van der Waals surface area contributed by atoms with Gasteiger partial charge in [-0.2, -0.15) is 0 Å². The highest BCUT2D eigenvalue weighted by Gasteiger charge is 2.18. The molecule has 0 aliphatic heterocycles. The average Bonchev–Trinajstić information content (AvgIpc) is 2.57. The average molecular weight is 428 g/mol. The Morgan fingerprint density at radius 2 is 0.615 bits per heavy atom. The van der Waals surface area contributed by atoms with Crippen molar-refractivity contribution in [1.29, 1.82) is 0 Å². The monoisotopic (exact) mass is 426 g/mol. The van der Waals surface area contributed by atoms with Gasteiger partial charge in [-0.1, -0.05) is 0 Å². The molecule has 3 aromatic carbocycles. The van der Waals surface area contributed by atoms with Gasteiger partial charge >= 0.3 is 0 Å². The van der Waals surface area contributed by atoms with E-state index in [1.807, 2.05) is 0 Å². The molecule has 0 aliphatic carbocycles. The molecule has 3 aromatic rings. The lowest BCUT2D eigenvalue weighted by molar-refractivity contribution is 0.105. The number of carbonyl (C=O) groups excluding carboxylic acids is 4. The first kappa shape index (κ1) is 18.8. The summed E-state index contributed by atoms with van der Waals surface area (Å²) >= 11 is 22.1. The third-order valence-electron chi connectivity index (χ3n) is 3.92. The zero-order chi connectivity index (χ0) is 19.2. The van der Waals surface area contributed by atoms with Crippen LogP contribution in [-0.2, 0) is 0 Å². The van der Waals surface area contributed by atoms with Crippen molar-refractivity contribution in [3.8, 4) is 0 Å². The molecule has 3 rings (SSSR count). The summed E-state index contributed by atoms with van der Waals surface area (Å²) in [5.74, 6) is 0. The van der Waals surface area contributed by atoms with Crippen LogP contribution in [-0.4, -0.2) is 21.0 Å². The molecule has 0 saturated carbocycles. The van der Waals surface area contributed by atoms with E-state index in [0.29, 0.717) is 21.5 Å². The molecule has 0 N–H and O–H groups in total. The van der Waals surface area contributed by atoms with Crippen LogP contribution < -0.4 is 0 Å². The van der Waals surface area contributed by atoms with E-state index in [1.165, 1.54) is 24.3 Å². The minimum Gasteiger partial charge on any atom is -0.276 e. The van der Waals surface area contributed by atoms with Crippen molar-refractivity contribution in [2.24, 2.45) is 0 Å². The number of hydrogen-bond acceptors (Lipinski definition) is 4. The van der Waals surface area contributed by atoms with Crippen molar-refractivity contribution in [3.63, 3.8) is 0 Å². The fourth-order valence-corrected chi connectivity index (χ4v) is 3.38.